The Labute approximate surface area is 111 Å². The van der Waals surface area contributed by atoms with Gasteiger partial charge in [-0.2, -0.15) is 0 Å². The highest BCUT2D eigenvalue weighted by molar-refractivity contribution is 7.90. The van der Waals surface area contributed by atoms with Gasteiger partial charge < -0.3 is 0 Å². The van der Waals surface area contributed by atoms with E-state index in [1.54, 1.807) is 12.2 Å². The van der Waals surface area contributed by atoms with Gasteiger partial charge in [-0.15, -0.1) is 0 Å². The van der Waals surface area contributed by atoms with E-state index in [0.717, 1.165) is 5.56 Å². The lowest BCUT2D eigenvalue weighted by Gasteiger charge is -2.19. The SMILES string of the molecule is CC=CCS(=O)(=O)Cc1ccc(C(C)(C)C)cc1. The van der Waals surface area contributed by atoms with E-state index in [9.17, 15) is 8.42 Å². The lowest BCUT2D eigenvalue weighted by atomic mass is 9.87. The monoisotopic (exact) mass is 266 g/mol. The standard InChI is InChI=1S/C15H22O2S/c1-5-6-11-18(16,17)12-13-7-9-14(10-8-13)15(2,3)4/h5-10H,11-12H2,1-4H3. The molecule has 2 nitrogen and oxygen atoms in total. The van der Waals surface area contributed by atoms with Crippen LogP contribution in [0.15, 0.2) is 36.4 Å². The van der Waals surface area contributed by atoms with Crippen molar-refractivity contribution in [3.05, 3.63) is 47.5 Å². The van der Waals surface area contributed by atoms with Crippen molar-refractivity contribution in [2.24, 2.45) is 0 Å². The van der Waals surface area contributed by atoms with Gasteiger partial charge >= 0.3 is 0 Å². The Balaban J connectivity index is 2.82. The molecule has 1 aromatic rings. The minimum absolute atomic E-state index is 0.0996. The van der Waals surface area contributed by atoms with Crippen LogP contribution in [0.5, 0.6) is 0 Å². The molecule has 0 aliphatic heterocycles. The van der Waals surface area contributed by atoms with E-state index in [0.29, 0.717) is 0 Å². The zero-order chi connectivity index (χ0) is 13.8. The van der Waals surface area contributed by atoms with Gasteiger partial charge in [0.15, 0.2) is 9.84 Å². The van der Waals surface area contributed by atoms with Crippen molar-refractivity contribution < 1.29 is 8.42 Å². The van der Waals surface area contributed by atoms with Crippen LogP contribution in [-0.4, -0.2) is 14.2 Å². The predicted octanol–water partition coefficient (Wildman–Crippen LogP) is 3.48. The number of allylic oxidation sites excluding steroid dienone is 1. The number of hydrogen-bond acceptors (Lipinski definition) is 2. The Bertz CT molecular complexity index is 502. The molecular weight excluding hydrogens is 244 g/mol. The van der Waals surface area contributed by atoms with Crippen molar-refractivity contribution in [3.63, 3.8) is 0 Å². The zero-order valence-electron chi connectivity index (χ0n) is 11.6. The molecule has 0 aliphatic rings. The van der Waals surface area contributed by atoms with Gasteiger partial charge in [-0.05, 0) is 23.5 Å². The van der Waals surface area contributed by atoms with Crippen LogP contribution in [0.3, 0.4) is 0 Å². The third-order valence-electron chi connectivity index (χ3n) is 2.79. The van der Waals surface area contributed by atoms with E-state index in [1.807, 2.05) is 31.2 Å². The van der Waals surface area contributed by atoms with E-state index >= 15 is 0 Å². The van der Waals surface area contributed by atoms with E-state index in [1.165, 1.54) is 5.56 Å². The van der Waals surface area contributed by atoms with Crippen molar-refractivity contribution in [2.45, 2.75) is 38.9 Å². The molecule has 0 N–H and O–H groups in total. The summed E-state index contributed by atoms with van der Waals surface area (Å²) in [6, 6.07) is 7.85. The second kappa shape index (κ2) is 5.70. The summed E-state index contributed by atoms with van der Waals surface area (Å²) in [7, 11) is -3.03. The van der Waals surface area contributed by atoms with Crippen LogP contribution in [0.1, 0.15) is 38.8 Å². The summed E-state index contributed by atoms with van der Waals surface area (Å²) in [6.07, 6.45) is 3.44. The number of sulfone groups is 1. The Morgan fingerprint density at radius 1 is 1.11 bits per heavy atom. The van der Waals surface area contributed by atoms with Crippen LogP contribution in [0.4, 0.5) is 0 Å². The average molecular weight is 266 g/mol. The summed E-state index contributed by atoms with van der Waals surface area (Å²) in [5.74, 6) is 0.228. The van der Waals surface area contributed by atoms with Crippen LogP contribution in [0.25, 0.3) is 0 Å². The fraction of sp³-hybridized carbons (Fsp3) is 0.467. The molecule has 0 bridgehead atoms. The quantitative estimate of drug-likeness (QED) is 0.782. The van der Waals surface area contributed by atoms with Crippen LogP contribution >= 0.6 is 0 Å². The molecule has 0 saturated carbocycles. The second-order valence-corrected chi connectivity index (χ2v) is 7.68. The first-order valence-corrected chi connectivity index (χ1v) is 7.98. The number of rotatable bonds is 4. The van der Waals surface area contributed by atoms with Gasteiger partial charge in [-0.3, -0.25) is 0 Å². The first kappa shape index (κ1) is 15.0. The van der Waals surface area contributed by atoms with Gasteiger partial charge in [0.2, 0.25) is 0 Å². The highest BCUT2D eigenvalue weighted by Gasteiger charge is 2.14. The van der Waals surface area contributed by atoms with Gasteiger partial charge in [0, 0.05) is 0 Å². The molecule has 1 aromatic carbocycles. The summed E-state index contributed by atoms with van der Waals surface area (Å²) in [5.41, 5.74) is 2.17. The Kier molecular flexibility index (Phi) is 4.74. The van der Waals surface area contributed by atoms with E-state index in [4.69, 9.17) is 0 Å². The van der Waals surface area contributed by atoms with Gasteiger partial charge in [-0.25, -0.2) is 8.42 Å². The Morgan fingerprint density at radius 3 is 2.11 bits per heavy atom. The maximum Gasteiger partial charge on any atom is 0.157 e. The molecule has 0 aliphatic carbocycles. The minimum Gasteiger partial charge on any atom is -0.228 e. The molecule has 0 spiro atoms. The molecule has 18 heavy (non-hydrogen) atoms. The highest BCUT2D eigenvalue weighted by atomic mass is 32.2. The van der Waals surface area contributed by atoms with Crippen LogP contribution in [0.2, 0.25) is 0 Å². The Hall–Kier alpha value is -1.09. The Morgan fingerprint density at radius 2 is 1.67 bits per heavy atom. The molecule has 0 amide bonds. The molecule has 0 fully saturated rings. The molecule has 0 heterocycles. The van der Waals surface area contributed by atoms with Crippen molar-refractivity contribution in [3.8, 4) is 0 Å². The second-order valence-electron chi connectivity index (χ2n) is 5.57. The molecule has 0 aromatic heterocycles. The minimum atomic E-state index is -3.03. The molecule has 3 heteroatoms. The average Bonchev–Trinajstić information content (AvgIpc) is 2.25. The third-order valence-corrected chi connectivity index (χ3v) is 4.27. The van der Waals surface area contributed by atoms with Crippen molar-refractivity contribution in [1.82, 2.24) is 0 Å². The highest BCUT2D eigenvalue weighted by Crippen LogP contribution is 2.22. The number of benzene rings is 1. The fourth-order valence-electron chi connectivity index (χ4n) is 1.66. The van der Waals surface area contributed by atoms with Gasteiger partial charge in [0.05, 0.1) is 11.5 Å². The molecule has 0 saturated heterocycles. The lowest BCUT2D eigenvalue weighted by molar-refractivity contribution is 0.590. The van der Waals surface area contributed by atoms with E-state index < -0.39 is 9.84 Å². The summed E-state index contributed by atoms with van der Waals surface area (Å²) < 4.78 is 23.6. The van der Waals surface area contributed by atoms with Crippen LogP contribution < -0.4 is 0 Å². The molecular formula is C15H22O2S. The summed E-state index contributed by atoms with van der Waals surface area (Å²) >= 11 is 0. The maximum atomic E-state index is 11.8. The molecule has 0 unspecified atom stereocenters. The molecule has 1 rings (SSSR count). The van der Waals surface area contributed by atoms with Gasteiger partial charge in [0.1, 0.15) is 0 Å². The maximum absolute atomic E-state index is 11.8. The predicted molar refractivity (Wildman–Crippen MR) is 77.4 cm³/mol. The molecule has 0 atom stereocenters. The molecule has 100 valence electrons. The summed E-state index contributed by atoms with van der Waals surface area (Å²) in [5, 5.41) is 0. The zero-order valence-corrected chi connectivity index (χ0v) is 12.4. The van der Waals surface area contributed by atoms with Gasteiger partial charge in [0.25, 0.3) is 0 Å². The topological polar surface area (TPSA) is 34.1 Å². The number of hydrogen-bond donors (Lipinski definition) is 0. The first-order valence-electron chi connectivity index (χ1n) is 6.15. The first-order chi connectivity index (χ1) is 8.24. The summed E-state index contributed by atoms with van der Waals surface area (Å²) in [4.78, 5) is 0. The summed E-state index contributed by atoms with van der Waals surface area (Å²) in [6.45, 7) is 8.26. The third kappa shape index (κ3) is 4.65. The normalized spacial score (nSPS) is 13.1. The lowest BCUT2D eigenvalue weighted by Crippen LogP contribution is -2.11. The van der Waals surface area contributed by atoms with E-state index in [-0.39, 0.29) is 16.9 Å². The molecule has 0 radical (unpaired) electrons. The largest absolute Gasteiger partial charge is 0.228 e. The van der Waals surface area contributed by atoms with Crippen LogP contribution in [-0.2, 0) is 21.0 Å². The van der Waals surface area contributed by atoms with Crippen molar-refractivity contribution in [1.29, 1.82) is 0 Å². The van der Waals surface area contributed by atoms with Crippen LogP contribution in [0, 0.1) is 0 Å². The fourth-order valence-corrected chi connectivity index (χ4v) is 2.96. The van der Waals surface area contributed by atoms with Crippen molar-refractivity contribution >= 4 is 9.84 Å². The van der Waals surface area contributed by atoms with Gasteiger partial charge in [-0.1, -0.05) is 57.2 Å². The van der Waals surface area contributed by atoms with E-state index in [2.05, 4.69) is 20.8 Å². The smallest absolute Gasteiger partial charge is 0.157 e. The van der Waals surface area contributed by atoms with Crippen molar-refractivity contribution in [2.75, 3.05) is 5.75 Å².